The van der Waals surface area contributed by atoms with Gasteiger partial charge in [0.25, 0.3) is 5.91 Å². The minimum Gasteiger partial charge on any atom is -0.497 e. The number of carbonyl (C=O) groups is 5. The number of hydrogen-bond donors (Lipinski definition) is 3. The van der Waals surface area contributed by atoms with Crippen LogP contribution >= 0.6 is 0 Å². The van der Waals surface area contributed by atoms with E-state index >= 15 is 0 Å². The van der Waals surface area contributed by atoms with Crippen LogP contribution in [0, 0.1) is 5.92 Å². The first kappa shape index (κ1) is 40.3. The maximum Gasteiger partial charge on any atom is 0.323 e. The molecule has 1 saturated heterocycles. The summed E-state index contributed by atoms with van der Waals surface area (Å²) in [7, 11) is 1.49. The Kier molecular flexibility index (Phi) is 16.1. The number of benzene rings is 3. The van der Waals surface area contributed by atoms with Crippen molar-refractivity contribution in [3.05, 3.63) is 84.4 Å². The van der Waals surface area contributed by atoms with Crippen LogP contribution in [0.1, 0.15) is 37.0 Å². The standard InChI is InChI=1S/C39H50N6O8/c1-29(2)16-18-44(27-35(46)40-32-12-14-33(15-13-32)42-39(50)41-31-9-5-4-6-10-31)36(47)28-45(38(49)30-8-7-11-34(26-30)51-3)19-17-37(48)53-25-22-43-20-23-52-24-21-43/h4-15,26,29H,16-25,27-28H2,1-3H3,(H,40,46)(H2,41,42,50). The Bertz CT molecular complexity index is 1650. The fourth-order valence-corrected chi connectivity index (χ4v) is 5.40. The number of rotatable bonds is 18. The van der Waals surface area contributed by atoms with Gasteiger partial charge in [0.2, 0.25) is 11.8 Å². The summed E-state index contributed by atoms with van der Waals surface area (Å²) >= 11 is 0. The lowest BCUT2D eigenvalue weighted by Gasteiger charge is -2.28. The normalized spacial score (nSPS) is 12.8. The predicted octanol–water partition coefficient (Wildman–Crippen LogP) is 4.56. The maximum atomic E-state index is 13.8. The molecule has 5 amide bonds. The molecule has 1 fully saturated rings. The molecule has 0 saturated carbocycles. The van der Waals surface area contributed by atoms with Gasteiger partial charge in [-0.05, 0) is 66.9 Å². The largest absolute Gasteiger partial charge is 0.497 e. The van der Waals surface area contributed by atoms with Gasteiger partial charge in [0, 0.05) is 55.3 Å². The number of ether oxygens (including phenoxy) is 3. The molecular formula is C39H50N6O8. The smallest absolute Gasteiger partial charge is 0.323 e. The Balaban J connectivity index is 1.37. The van der Waals surface area contributed by atoms with Crippen LogP contribution < -0.4 is 20.7 Å². The van der Waals surface area contributed by atoms with Gasteiger partial charge in [-0.3, -0.25) is 24.1 Å². The first-order valence-electron chi connectivity index (χ1n) is 17.8. The monoisotopic (exact) mass is 730 g/mol. The second-order valence-corrected chi connectivity index (χ2v) is 13.0. The quantitative estimate of drug-likeness (QED) is 0.160. The van der Waals surface area contributed by atoms with Crippen molar-refractivity contribution in [2.75, 3.05) is 88.7 Å². The van der Waals surface area contributed by atoms with Crippen LogP contribution in [-0.2, 0) is 23.9 Å². The van der Waals surface area contributed by atoms with E-state index in [1.807, 2.05) is 32.0 Å². The number of amides is 5. The number of urea groups is 1. The summed E-state index contributed by atoms with van der Waals surface area (Å²) in [6.07, 6.45) is 0.515. The molecule has 3 aromatic carbocycles. The summed E-state index contributed by atoms with van der Waals surface area (Å²) in [4.78, 5) is 70.7. The molecule has 0 atom stereocenters. The van der Waals surface area contributed by atoms with E-state index in [4.69, 9.17) is 14.2 Å². The van der Waals surface area contributed by atoms with Gasteiger partial charge >= 0.3 is 12.0 Å². The number of esters is 1. The lowest BCUT2D eigenvalue weighted by atomic mass is 10.1. The molecular weight excluding hydrogens is 680 g/mol. The first-order valence-corrected chi connectivity index (χ1v) is 17.8. The van der Waals surface area contributed by atoms with Crippen molar-refractivity contribution in [3.8, 4) is 5.75 Å². The molecule has 0 spiro atoms. The van der Waals surface area contributed by atoms with E-state index in [1.165, 1.54) is 16.9 Å². The Morgan fingerprint density at radius 3 is 2.11 bits per heavy atom. The Hall–Kier alpha value is -5.47. The van der Waals surface area contributed by atoms with Gasteiger partial charge in [0.05, 0.1) is 33.3 Å². The van der Waals surface area contributed by atoms with Crippen LogP contribution in [-0.4, -0.2) is 117 Å². The number of methoxy groups -OCH3 is 1. The van der Waals surface area contributed by atoms with E-state index in [1.54, 1.807) is 60.7 Å². The number of nitrogens with zero attached hydrogens (tertiary/aromatic N) is 3. The van der Waals surface area contributed by atoms with E-state index < -0.39 is 29.7 Å². The third-order valence-corrected chi connectivity index (χ3v) is 8.41. The molecule has 14 nitrogen and oxygen atoms in total. The van der Waals surface area contributed by atoms with Crippen molar-refractivity contribution < 1.29 is 38.2 Å². The van der Waals surface area contributed by atoms with Crippen LogP contribution in [0.3, 0.4) is 0 Å². The van der Waals surface area contributed by atoms with E-state index in [9.17, 15) is 24.0 Å². The second kappa shape index (κ2) is 21.2. The maximum absolute atomic E-state index is 13.8. The van der Waals surface area contributed by atoms with Crippen molar-refractivity contribution in [2.24, 2.45) is 5.92 Å². The zero-order valence-corrected chi connectivity index (χ0v) is 30.7. The molecule has 3 N–H and O–H groups in total. The third-order valence-electron chi connectivity index (χ3n) is 8.41. The van der Waals surface area contributed by atoms with E-state index in [-0.39, 0.29) is 45.1 Å². The molecule has 1 heterocycles. The van der Waals surface area contributed by atoms with Gasteiger partial charge in [-0.25, -0.2) is 4.79 Å². The van der Waals surface area contributed by atoms with Gasteiger partial charge in [-0.2, -0.15) is 0 Å². The summed E-state index contributed by atoms with van der Waals surface area (Å²) in [5.74, 6) is -1.10. The molecule has 0 bridgehead atoms. The molecule has 284 valence electrons. The van der Waals surface area contributed by atoms with Crippen LogP contribution in [0.4, 0.5) is 21.9 Å². The second-order valence-electron chi connectivity index (χ2n) is 13.0. The van der Waals surface area contributed by atoms with Crippen molar-refractivity contribution in [3.63, 3.8) is 0 Å². The molecule has 0 aliphatic carbocycles. The fraction of sp³-hybridized carbons (Fsp3) is 0.410. The molecule has 0 radical (unpaired) electrons. The summed E-state index contributed by atoms with van der Waals surface area (Å²) in [5.41, 5.74) is 1.94. The number of morpholine rings is 1. The lowest BCUT2D eigenvalue weighted by molar-refractivity contribution is -0.145. The average Bonchev–Trinajstić information content (AvgIpc) is 3.16. The predicted molar refractivity (Wildman–Crippen MR) is 202 cm³/mol. The molecule has 0 aromatic heterocycles. The fourth-order valence-electron chi connectivity index (χ4n) is 5.40. The minimum atomic E-state index is -0.483. The van der Waals surface area contributed by atoms with Crippen molar-refractivity contribution >= 4 is 46.8 Å². The Morgan fingerprint density at radius 1 is 0.792 bits per heavy atom. The summed E-state index contributed by atoms with van der Waals surface area (Å²) in [5, 5.41) is 8.29. The third kappa shape index (κ3) is 14.2. The molecule has 3 aromatic rings. The van der Waals surface area contributed by atoms with Crippen LogP contribution in [0.2, 0.25) is 0 Å². The average molecular weight is 731 g/mol. The summed E-state index contributed by atoms with van der Waals surface area (Å²) in [6.45, 7) is 7.26. The van der Waals surface area contributed by atoms with Gasteiger partial charge in [0.15, 0.2) is 0 Å². The summed E-state index contributed by atoms with van der Waals surface area (Å²) in [6, 6.07) is 21.8. The minimum absolute atomic E-state index is 0.0633. The first-order chi connectivity index (χ1) is 25.6. The highest BCUT2D eigenvalue weighted by Crippen LogP contribution is 2.17. The highest BCUT2D eigenvalue weighted by Gasteiger charge is 2.25. The van der Waals surface area contributed by atoms with Gasteiger partial charge in [0.1, 0.15) is 18.9 Å². The molecule has 0 unspecified atom stereocenters. The van der Waals surface area contributed by atoms with E-state index in [0.29, 0.717) is 54.6 Å². The van der Waals surface area contributed by atoms with E-state index in [2.05, 4.69) is 20.9 Å². The number of anilines is 3. The lowest BCUT2D eigenvalue weighted by Crippen LogP contribution is -2.46. The van der Waals surface area contributed by atoms with Gasteiger partial charge in [-0.1, -0.05) is 38.1 Å². The number of nitrogens with one attached hydrogen (secondary N) is 3. The molecule has 1 aliphatic rings. The van der Waals surface area contributed by atoms with Crippen LogP contribution in [0.5, 0.6) is 5.75 Å². The Labute approximate surface area is 310 Å². The van der Waals surface area contributed by atoms with Crippen molar-refractivity contribution in [2.45, 2.75) is 26.7 Å². The SMILES string of the molecule is COc1cccc(C(=O)N(CCC(=O)OCCN2CCOCC2)CC(=O)N(CCC(C)C)CC(=O)Nc2ccc(NC(=O)Nc3ccccc3)cc2)c1. The summed E-state index contributed by atoms with van der Waals surface area (Å²) < 4.78 is 16.1. The van der Waals surface area contributed by atoms with Gasteiger partial charge in [-0.15, -0.1) is 0 Å². The zero-order chi connectivity index (χ0) is 38.0. The number of para-hydroxylation sites is 1. The molecule has 53 heavy (non-hydrogen) atoms. The van der Waals surface area contributed by atoms with E-state index in [0.717, 1.165) is 13.1 Å². The highest BCUT2D eigenvalue weighted by atomic mass is 16.5. The van der Waals surface area contributed by atoms with Crippen molar-refractivity contribution in [1.29, 1.82) is 0 Å². The number of hydrogen-bond acceptors (Lipinski definition) is 9. The van der Waals surface area contributed by atoms with Crippen LogP contribution in [0.25, 0.3) is 0 Å². The molecule has 1 aliphatic heterocycles. The van der Waals surface area contributed by atoms with Crippen molar-refractivity contribution in [1.82, 2.24) is 14.7 Å². The van der Waals surface area contributed by atoms with Gasteiger partial charge < -0.3 is 40.0 Å². The number of carbonyl (C=O) groups excluding carboxylic acids is 5. The van der Waals surface area contributed by atoms with Crippen LogP contribution in [0.15, 0.2) is 78.9 Å². The molecule has 14 heteroatoms. The topological polar surface area (TPSA) is 159 Å². The molecule has 4 rings (SSSR count). The Morgan fingerprint density at radius 2 is 1.45 bits per heavy atom. The highest BCUT2D eigenvalue weighted by molar-refractivity contribution is 6.00. The zero-order valence-electron chi connectivity index (χ0n) is 30.7.